The van der Waals surface area contributed by atoms with Gasteiger partial charge in [-0.2, -0.15) is 0 Å². The molecule has 3 heteroatoms. The largest absolute Gasteiger partial charge is 0.737 e. The number of carbonyl (C=O) groups is 1. The first kappa shape index (κ1) is 8.43. The van der Waals surface area contributed by atoms with Gasteiger partial charge in [-0.05, 0) is 6.92 Å². The number of hydrogen-bond acceptors (Lipinski definition) is 3. The van der Waals surface area contributed by atoms with Gasteiger partial charge in [0.05, 0.1) is 5.76 Å². The van der Waals surface area contributed by atoms with Gasteiger partial charge in [-0.3, -0.25) is 0 Å². The summed E-state index contributed by atoms with van der Waals surface area (Å²) in [4.78, 5) is 10.3. The number of aliphatic hydroxyl groups excluding tert-OH is 1. The number of aliphatic hydroxyl groups is 1. The van der Waals surface area contributed by atoms with Crippen LogP contribution in [0.3, 0.4) is 0 Å². The highest BCUT2D eigenvalue weighted by Gasteiger charge is 1.95. The van der Waals surface area contributed by atoms with Gasteiger partial charge in [0.1, 0.15) is 0 Å². The smallest absolute Gasteiger partial charge is 0.0965 e. The van der Waals surface area contributed by atoms with Gasteiger partial charge in [0.2, 0.25) is 0 Å². The second-order valence-corrected chi connectivity index (χ2v) is 2.08. The molecule has 0 rings (SSSR count). The van der Waals surface area contributed by atoms with Gasteiger partial charge in [-0.15, -0.1) is 0 Å². The zero-order valence-electron chi connectivity index (χ0n) is 5.47. The number of rotatable bonds is 2. The Morgan fingerprint density at radius 2 is 2.11 bits per heavy atom. The molecule has 0 aromatic heterocycles. The first-order valence-corrected chi connectivity index (χ1v) is 3.10. The predicted molar refractivity (Wildman–Crippen MR) is 38.0 cm³/mol. The van der Waals surface area contributed by atoms with E-state index in [2.05, 4.69) is 12.6 Å². The summed E-state index contributed by atoms with van der Waals surface area (Å²) < 4.78 is 0. The average molecular weight is 145 g/mol. The number of allylic oxidation sites excluding steroid dienone is 1. The second-order valence-electron chi connectivity index (χ2n) is 1.71. The highest BCUT2D eigenvalue weighted by molar-refractivity contribution is 7.77. The van der Waals surface area contributed by atoms with Crippen LogP contribution in [0.25, 0.3) is 0 Å². The number of hydrogen-bond donors (Lipinski definition) is 1. The van der Waals surface area contributed by atoms with Crippen LogP contribution in [0.1, 0.15) is 20.3 Å². The fourth-order valence-corrected chi connectivity index (χ4v) is 0.501. The van der Waals surface area contributed by atoms with Gasteiger partial charge in [0, 0.05) is 17.1 Å². The fraction of sp³-hybridized carbons (Fsp3) is 0.500. The van der Waals surface area contributed by atoms with Crippen molar-refractivity contribution >= 4 is 17.7 Å². The van der Waals surface area contributed by atoms with Gasteiger partial charge < -0.3 is 22.5 Å². The first-order valence-electron chi connectivity index (χ1n) is 2.69. The Hall–Kier alpha value is -0.570. The summed E-state index contributed by atoms with van der Waals surface area (Å²) in [5, 5.41) is 8.41. The Labute approximate surface area is 60.0 Å². The molecule has 0 aromatic rings. The lowest BCUT2D eigenvalue weighted by Crippen LogP contribution is -1.97. The molecule has 0 fully saturated rings. The van der Waals surface area contributed by atoms with Crippen molar-refractivity contribution in [1.82, 2.24) is 0 Å². The zero-order chi connectivity index (χ0) is 7.44. The van der Waals surface area contributed by atoms with Crippen LogP contribution in [0.4, 0.5) is 0 Å². The summed E-state index contributed by atoms with van der Waals surface area (Å²) >= 11 is 4.29. The fourth-order valence-electron chi connectivity index (χ4n) is 0.383. The molecule has 0 bridgehead atoms. The third kappa shape index (κ3) is 2.46. The summed E-state index contributed by atoms with van der Waals surface area (Å²) in [6, 6.07) is 0. The van der Waals surface area contributed by atoms with Gasteiger partial charge >= 0.3 is 0 Å². The van der Waals surface area contributed by atoms with E-state index in [4.69, 9.17) is 5.11 Å². The third-order valence-corrected chi connectivity index (χ3v) is 1.38. The molecular weight excluding hydrogens is 136 g/mol. The van der Waals surface area contributed by atoms with Crippen molar-refractivity contribution in [2.75, 3.05) is 0 Å². The van der Waals surface area contributed by atoms with E-state index in [0.717, 1.165) is 0 Å². The van der Waals surface area contributed by atoms with Gasteiger partial charge in [0.25, 0.3) is 0 Å². The number of carbonyl (C=O) groups excluding carboxylic acids is 1. The Morgan fingerprint density at radius 3 is 2.22 bits per heavy atom. The standard InChI is InChI=1S/C6H10O2S/c1-3-5(7)4(2)6(8)9/h7H,3H2,1-2H3,(H,8,9)/p-1/b5-4+. The second kappa shape index (κ2) is 3.45. The van der Waals surface area contributed by atoms with E-state index in [1.807, 2.05) is 0 Å². The van der Waals surface area contributed by atoms with Crippen molar-refractivity contribution in [3.63, 3.8) is 0 Å². The van der Waals surface area contributed by atoms with Crippen LogP contribution in [-0.2, 0) is 17.4 Å². The highest BCUT2D eigenvalue weighted by atomic mass is 32.1. The van der Waals surface area contributed by atoms with Crippen LogP contribution in [-0.4, -0.2) is 10.2 Å². The third-order valence-electron chi connectivity index (χ3n) is 1.07. The van der Waals surface area contributed by atoms with E-state index in [9.17, 15) is 4.79 Å². The van der Waals surface area contributed by atoms with Crippen LogP contribution in [0.2, 0.25) is 0 Å². The van der Waals surface area contributed by atoms with Crippen LogP contribution >= 0.6 is 0 Å². The molecule has 0 heterocycles. The van der Waals surface area contributed by atoms with E-state index in [0.29, 0.717) is 6.42 Å². The van der Waals surface area contributed by atoms with Gasteiger partial charge in [-0.25, -0.2) is 0 Å². The van der Waals surface area contributed by atoms with Crippen molar-refractivity contribution in [2.24, 2.45) is 0 Å². The molecule has 0 radical (unpaired) electrons. The zero-order valence-corrected chi connectivity index (χ0v) is 6.29. The summed E-state index contributed by atoms with van der Waals surface area (Å²) in [7, 11) is 0. The molecule has 52 valence electrons. The Kier molecular flexibility index (Phi) is 3.24. The molecular formula is C6H9O2S-. The molecule has 0 aromatic carbocycles. The molecule has 0 spiro atoms. The monoisotopic (exact) mass is 145 g/mol. The van der Waals surface area contributed by atoms with Crippen molar-refractivity contribution in [3.8, 4) is 0 Å². The molecule has 0 aliphatic heterocycles. The van der Waals surface area contributed by atoms with E-state index < -0.39 is 5.12 Å². The van der Waals surface area contributed by atoms with Gasteiger partial charge in [-0.1, -0.05) is 6.92 Å². The summed E-state index contributed by atoms with van der Waals surface area (Å²) in [5.74, 6) is 0.0926. The van der Waals surface area contributed by atoms with E-state index >= 15 is 0 Å². The Morgan fingerprint density at radius 1 is 1.67 bits per heavy atom. The lowest BCUT2D eigenvalue weighted by atomic mass is 10.2. The highest BCUT2D eigenvalue weighted by Crippen LogP contribution is 2.03. The van der Waals surface area contributed by atoms with E-state index in [1.165, 1.54) is 6.92 Å². The molecule has 0 saturated carbocycles. The van der Waals surface area contributed by atoms with Crippen LogP contribution in [0, 0.1) is 0 Å². The SMILES string of the molecule is CC/C(O)=C(/C)C(=O)[S-]. The van der Waals surface area contributed by atoms with Crippen molar-refractivity contribution in [3.05, 3.63) is 11.3 Å². The Balaban J connectivity index is 4.28. The van der Waals surface area contributed by atoms with E-state index in [1.54, 1.807) is 6.92 Å². The van der Waals surface area contributed by atoms with Crippen LogP contribution in [0.5, 0.6) is 0 Å². The van der Waals surface area contributed by atoms with Crippen molar-refractivity contribution < 1.29 is 9.90 Å². The Bertz CT molecular complexity index is 149. The minimum absolute atomic E-state index is 0.0926. The molecule has 0 amide bonds. The average Bonchev–Trinajstić information content (AvgIpc) is 1.84. The predicted octanol–water partition coefficient (Wildman–Crippen LogP) is 1.30. The summed E-state index contributed by atoms with van der Waals surface area (Å²) in [6.45, 7) is 3.28. The molecule has 0 saturated heterocycles. The summed E-state index contributed by atoms with van der Waals surface area (Å²) in [6.07, 6.45) is 0.466. The first-order chi connectivity index (χ1) is 4.09. The molecule has 9 heavy (non-hydrogen) atoms. The van der Waals surface area contributed by atoms with Crippen LogP contribution < -0.4 is 0 Å². The lowest BCUT2D eigenvalue weighted by Gasteiger charge is -2.05. The van der Waals surface area contributed by atoms with E-state index in [-0.39, 0.29) is 11.3 Å². The summed E-state index contributed by atoms with van der Waals surface area (Å²) in [5.41, 5.74) is 0.285. The quantitative estimate of drug-likeness (QED) is 0.361. The normalized spacial score (nSPS) is 12.7. The minimum atomic E-state index is -0.477. The molecule has 2 nitrogen and oxygen atoms in total. The van der Waals surface area contributed by atoms with Crippen LogP contribution in [0.15, 0.2) is 11.3 Å². The molecule has 0 aliphatic rings. The molecule has 0 atom stereocenters. The lowest BCUT2D eigenvalue weighted by molar-refractivity contribution is -0.107. The molecule has 0 unspecified atom stereocenters. The van der Waals surface area contributed by atoms with Crippen molar-refractivity contribution in [1.29, 1.82) is 0 Å². The minimum Gasteiger partial charge on any atom is -0.737 e. The maximum absolute atomic E-state index is 10.3. The van der Waals surface area contributed by atoms with Gasteiger partial charge in [0.15, 0.2) is 0 Å². The molecule has 0 aliphatic carbocycles. The molecule has 1 N–H and O–H groups in total. The maximum Gasteiger partial charge on any atom is 0.0965 e. The topological polar surface area (TPSA) is 37.3 Å². The van der Waals surface area contributed by atoms with Crippen molar-refractivity contribution in [2.45, 2.75) is 20.3 Å². The maximum atomic E-state index is 10.3.